The number of hydrogen-bond acceptors (Lipinski definition) is 5. The Morgan fingerprint density at radius 3 is 2.14 bits per heavy atom. The minimum absolute atomic E-state index is 0.183. The first-order valence-corrected chi connectivity index (χ1v) is 14.6. The fraction of sp³-hybridized carbons (Fsp3) is 0.235. The van der Waals surface area contributed by atoms with E-state index in [0.717, 1.165) is 16.7 Å². The highest BCUT2D eigenvalue weighted by Gasteiger charge is 2.30. The monoisotopic (exact) mass is 620 g/mol. The third-order valence-corrected chi connectivity index (χ3v) is 7.45. The molecule has 1 atom stereocenters. The predicted octanol–water partition coefficient (Wildman–Crippen LogP) is 6.39. The molecule has 0 aromatic heterocycles. The first-order chi connectivity index (χ1) is 20.9. The normalized spacial score (nSPS) is 11.3. The van der Waals surface area contributed by atoms with E-state index in [0.29, 0.717) is 46.7 Å². The van der Waals surface area contributed by atoms with Crippen LogP contribution in [0, 0.1) is 0 Å². The molecule has 43 heavy (non-hydrogen) atoms. The van der Waals surface area contributed by atoms with Crippen LogP contribution in [0.1, 0.15) is 16.7 Å². The summed E-state index contributed by atoms with van der Waals surface area (Å²) in [6.07, 6.45) is 0.874. The predicted molar refractivity (Wildman–Crippen MR) is 169 cm³/mol. The number of carbonyl (C=O) groups excluding carboxylic acids is 2. The van der Waals surface area contributed by atoms with Crippen molar-refractivity contribution in [1.82, 2.24) is 10.2 Å². The number of methoxy groups -OCH3 is 2. The maximum absolute atomic E-state index is 13.8. The molecule has 0 unspecified atom stereocenters. The van der Waals surface area contributed by atoms with Crippen LogP contribution in [0.2, 0.25) is 10.0 Å². The van der Waals surface area contributed by atoms with Crippen molar-refractivity contribution in [3.05, 3.63) is 124 Å². The van der Waals surface area contributed by atoms with E-state index in [1.54, 1.807) is 55.5 Å². The Bertz CT molecular complexity index is 1500. The Labute approximate surface area is 262 Å². The molecule has 4 aromatic carbocycles. The van der Waals surface area contributed by atoms with Gasteiger partial charge in [0.2, 0.25) is 5.91 Å². The number of hydrogen-bond donors (Lipinski definition) is 1. The van der Waals surface area contributed by atoms with E-state index in [-0.39, 0.29) is 25.0 Å². The van der Waals surface area contributed by atoms with Gasteiger partial charge in [-0.15, -0.1) is 0 Å². The van der Waals surface area contributed by atoms with Gasteiger partial charge in [-0.1, -0.05) is 83.9 Å². The molecule has 4 aromatic rings. The Kier molecular flexibility index (Phi) is 11.7. The van der Waals surface area contributed by atoms with Crippen molar-refractivity contribution < 1.29 is 23.8 Å². The molecule has 0 heterocycles. The zero-order chi connectivity index (χ0) is 30.6. The molecule has 2 amide bonds. The van der Waals surface area contributed by atoms with Crippen molar-refractivity contribution >= 4 is 35.0 Å². The minimum atomic E-state index is -0.814. The average molecular weight is 622 g/mol. The smallest absolute Gasteiger partial charge is 0.261 e. The number of rotatable bonds is 14. The van der Waals surface area contributed by atoms with Crippen molar-refractivity contribution in [2.45, 2.75) is 25.4 Å². The molecule has 0 fully saturated rings. The number of nitrogens with zero attached hydrogens (tertiary/aromatic N) is 1. The van der Waals surface area contributed by atoms with Crippen molar-refractivity contribution in [2.75, 3.05) is 27.4 Å². The van der Waals surface area contributed by atoms with Gasteiger partial charge in [-0.25, -0.2) is 0 Å². The largest absolute Gasteiger partial charge is 0.493 e. The van der Waals surface area contributed by atoms with Gasteiger partial charge in [0.15, 0.2) is 18.1 Å². The zero-order valence-electron chi connectivity index (χ0n) is 24.1. The summed E-state index contributed by atoms with van der Waals surface area (Å²) in [5.74, 6) is 1.01. The van der Waals surface area contributed by atoms with Gasteiger partial charge in [0, 0.05) is 24.5 Å². The lowest BCUT2D eigenvalue weighted by Crippen LogP contribution is -2.52. The molecular weight excluding hydrogens is 587 g/mol. The van der Waals surface area contributed by atoms with Crippen molar-refractivity contribution in [1.29, 1.82) is 0 Å². The molecule has 7 nitrogen and oxygen atoms in total. The highest BCUT2D eigenvalue weighted by Crippen LogP contribution is 2.28. The summed E-state index contributed by atoms with van der Waals surface area (Å²) in [7, 11) is 3.17. The maximum Gasteiger partial charge on any atom is 0.261 e. The van der Waals surface area contributed by atoms with E-state index in [1.807, 2.05) is 60.7 Å². The molecule has 0 aliphatic rings. The van der Waals surface area contributed by atoms with Crippen LogP contribution in [0.3, 0.4) is 0 Å². The number of halogens is 2. The molecule has 224 valence electrons. The van der Waals surface area contributed by atoms with Gasteiger partial charge < -0.3 is 24.4 Å². The molecule has 0 bridgehead atoms. The number of para-hydroxylation sites is 1. The van der Waals surface area contributed by atoms with Gasteiger partial charge in [-0.2, -0.15) is 0 Å². The van der Waals surface area contributed by atoms with E-state index in [2.05, 4.69) is 5.32 Å². The Balaban J connectivity index is 1.57. The first kappa shape index (κ1) is 31.7. The first-order valence-electron chi connectivity index (χ1n) is 13.8. The fourth-order valence-corrected chi connectivity index (χ4v) is 4.92. The molecule has 1 N–H and O–H groups in total. The second kappa shape index (κ2) is 15.9. The summed E-state index contributed by atoms with van der Waals surface area (Å²) in [6.45, 7) is 0.253. The lowest BCUT2D eigenvalue weighted by molar-refractivity contribution is -0.142. The highest BCUT2D eigenvalue weighted by molar-refractivity contribution is 6.32. The molecule has 9 heteroatoms. The number of benzene rings is 4. The van der Waals surface area contributed by atoms with Crippen LogP contribution in [-0.2, 0) is 29.0 Å². The van der Waals surface area contributed by atoms with E-state index >= 15 is 0 Å². The standard InChI is InChI=1S/C34H34Cl2N2O5/c1-41-31-17-14-25(21-32(31)42-2)18-19-37-34(40)29(20-24-8-4-3-5-9-24)38(22-26-12-15-27(35)16-13-26)33(39)23-43-30-11-7-6-10-28(30)36/h3-17,21,29H,18-20,22-23H2,1-2H3,(H,37,40)/t29-/m1/s1. The maximum atomic E-state index is 13.8. The Hall–Kier alpha value is -4.20. The van der Waals surface area contributed by atoms with Gasteiger partial charge in [-0.05, 0) is 59.5 Å². The molecular formula is C34H34Cl2N2O5. The van der Waals surface area contributed by atoms with Gasteiger partial charge in [0.05, 0.1) is 19.2 Å². The molecule has 0 aliphatic carbocycles. The van der Waals surface area contributed by atoms with Crippen LogP contribution in [-0.4, -0.2) is 50.1 Å². The van der Waals surface area contributed by atoms with Crippen LogP contribution in [0.4, 0.5) is 0 Å². The van der Waals surface area contributed by atoms with Gasteiger partial charge in [0.25, 0.3) is 5.91 Å². The quantitative estimate of drug-likeness (QED) is 0.177. The third-order valence-electron chi connectivity index (χ3n) is 6.89. The Morgan fingerprint density at radius 1 is 0.767 bits per heavy atom. The molecule has 0 spiro atoms. The summed E-state index contributed by atoms with van der Waals surface area (Å²) in [5.41, 5.74) is 2.72. The van der Waals surface area contributed by atoms with Gasteiger partial charge >= 0.3 is 0 Å². The second-order valence-electron chi connectivity index (χ2n) is 9.80. The third kappa shape index (κ3) is 9.14. The van der Waals surface area contributed by atoms with Gasteiger partial charge in [0.1, 0.15) is 11.8 Å². The summed E-state index contributed by atoms with van der Waals surface area (Å²) < 4.78 is 16.5. The molecule has 0 aliphatic heterocycles. The van der Waals surface area contributed by atoms with Crippen LogP contribution in [0.25, 0.3) is 0 Å². The highest BCUT2D eigenvalue weighted by atomic mass is 35.5. The van der Waals surface area contributed by atoms with E-state index < -0.39 is 6.04 Å². The molecule has 0 saturated carbocycles. The van der Waals surface area contributed by atoms with Crippen molar-refractivity contribution in [2.24, 2.45) is 0 Å². The van der Waals surface area contributed by atoms with Crippen LogP contribution in [0.15, 0.2) is 97.1 Å². The van der Waals surface area contributed by atoms with E-state index in [9.17, 15) is 9.59 Å². The zero-order valence-corrected chi connectivity index (χ0v) is 25.6. The molecule has 0 radical (unpaired) electrons. The molecule has 0 saturated heterocycles. The second-order valence-corrected chi connectivity index (χ2v) is 10.6. The lowest BCUT2D eigenvalue weighted by Gasteiger charge is -2.31. The average Bonchev–Trinajstić information content (AvgIpc) is 3.03. The summed E-state index contributed by atoms with van der Waals surface area (Å²) >= 11 is 12.4. The Morgan fingerprint density at radius 2 is 1.44 bits per heavy atom. The number of carbonyl (C=O) groups is 2. The topological polar surface area (TPSA) is 77.1 Å². The summed E-state index contributed by atoms with van der Waals surface area (Å²) in [6, 6.07) is 28.6. The van der Waals surface area contributed by atoms with Crippen LogP contribution < -0.4 is 19.5 Å². The minimum Gasteiger partial charge on any atom is -0.493 e. The van der Waals surface area contributed by atoms with Gasteiger partial charge in [-0.3, -0.25) is 9.59 Å². The lowest BCUT2D eigenvalue weighted by atomic mass is 10.0. The van der Waals surface area contributed by atoms with E-state index in [1.165, 1.54) is 0 Å². The van der Waals surface area contributed by atoms with Crippen molar-refractivity contribution in [3.8, 4) is 17.2 Å². The summed E-state index contributed by atoms with van der Waals surface area (Å²) in [4.78, 5) is 29.2. The van der Waals surface area contributed by atoms with E-state index in [4.69, 9.17) is 37.4 Å². The summed E-state index contributed by atoms with van der Waals surface area (Å²) in [5, 5.41) is 4.02. The molecule has 4 rings (SSSR count). The number of ether oxygens (including phenoxy) is 3. The fourth-order valence-electron chi connectivity index (χ4n) is 4.61. The number of nitrogens with one attached hydrogen (secondary N) is 1. The van der Waals surface area contributed by atoms with Crippen LogP contribution >= 0.6 is 23.2 Å². The van der Waals surface area contributed by atoms with Crippen LogP contribution in [0.5, 0.6) is 17.2 Å². The SMILES string of the molecule is COc1ccc(CCNC(=O)[C@@H](Cc2ccccc2)N(Cc2ccc(Cl)cc2)C(=O)COc2ccccc2Cl)cc1OC. The number of amides is 2. The van der Waals surface area contributed by atoms with Crippen molar-refractivity contribution in [3.63, 3.8) is 0 Å².